The SMILES string of the molecule is CCCNC(=O)[C@@H](C)NC(=O)c1cc(S(=O)(=O)N(CC)CC)ccc1F. The zero-order valence-electron chi connectivity index (χ0n) is 15.5. The minimum Gasteiger partial charge on any atom is -0.354 e. The molecule has 1 rings (SSSR count). The lowest BCUT2D eigenvalue weighted by Gasteiger charge is -2.19. The van der Waals surface area contributed by atoms with Crippen LogP contribution in [0.15, 0.2) is 23.1 Å². The number of carbonyl (C=O) groups excluding carboxylic acids is 2. The molecule has 2 amide bonds. The summed E-state index contributed by atoms with van der Waals surface area (Å²) in [6.45, 7) is 7.71. The molecule has 0 radical (unpaired) electrons. The van der Waals surface area contributed by atoms with Crippen LogP contribution < -0.4 is 10.6 Å². The molecule has 1 atom stereocenters. The van der Waals surface area contributed by atoms with Gasteiger partial charge in [0.2, 0.25) is 15.9 Å². The van der Waals surface area contributed by atoms with Gasteiger partial charge < -0.3 is 10.6 Å². The van der Waals surface area contributed by atoms with E-state index in [2.05, 4.69) is 10.6 Å². The van der Waals surface area contributed by atoms with Crippen molar-refractivity contribution in [1.82, 2.24) is 14.9 Å². The van der Waals surface area contributed by atoms with E-state index < -0.39 is 39.3 Å². The van der Waals surface area contributed by atoms with Gasteiger partial charge in [0, 0.05) is 19.6 Å². The first kappa shape index (κ1) is 22.0. The second kappa shape index (κ2) is 9.63. The van der Waals surface area contributed by atoms with Crippen molar-refractivity contribution in [3.8, 4) is 0 Å². The Morgan fingerprint density at radius 1 is 1.19 bits per heavy atom. The molecule has 1 aromatic carbocycles. The van der Waals surface area contributed by atoms with Gasteiger partial charge in [-0.3, -0.25) is 9.59 Å². The molecule has 2 N–H and O–H groups in total. The van der Waals surface area contributed by atoms with Gasteiger partial charge in [-0.1, -0.05) is 20.8 Å². The first-order chi connectivity index (χ1) is 12.2. The summed E-state index contributed by atoms with van der Waals surface area (Å²) in [5.41, 5.74) is -0.423. The molecular formula is C17H26FN3O4S. The number of sulfonamides is 1. The van der Waals surface area contributed by atoms with Gasteiger partial charge in [0.25, 0.3) is 5.91 Å². The molecule has 1 aromatic rings. The number of nitrogens with one attached hydrogen (secondary N) is 2. The fourth-order valence-electron chi connectivity index (χ4n) is 2.29. The van der Waals surface area contributed by atoms with Crippen LogP contribution in [-0.4, -0.2) is 50.2 Å². The van der Waals surface area contributed by atoms with Crippen LogP contribution in [0.5, 0.6) is 0 Å². The van der Waals surface area contributed by atoms with Gasteiger partial charge in [0.1, 0.15) is 11.9 Å². The number of nitrogens with zero attached hydrogens (tertiary/aromatic N) is 1. The van der Waals surface area contributed by atoms with Gasteiger partial charge in [-0.2, -0.15) is 4.31 Å². The van der Waals surface area contributed by atoms with Gasteiger partial charge in [0.15, 0.2) is 0 Å². The van der Waals surface area contributed by atoms with Crippen molar-refractivity contribution in [2.75, 3.05) is 19.6 Å². The fraction of sp³-hybridized carbons (Fsp3) is 0.529. The van der Waals surface area contributed by atoms with E-state index in [1.54, 1.807) is 13.8 Å². The molecule has 0 aliphatic carbocycles. The lowest BCUT2D eigenvalue weighted by atomic mass is 10.2. The van der Waals surface area contributed by atoms with E-state index in [1.807, 2.05) is 6.92 Å². The van der Waals surface area contributed by atoms with E-state index in [0.717, 1.165) is 24.6 Å². The van der Waals surface area contributed by atoms with E-state index >= 15 is 0 Å². The normalized spacial score (nSPS) is 12.7. The summed E-state index contributed by atoms with van der Waals surface area (Å²) in [4.78, 5) is 24.0. The Kier molecular flexibility index (Phi) is 8.16. The van der Waals surface area contributed by atoms with Crippen LogP contribution in [0, 0.1) is 5.82 Å². The highest BCUT2D eigenvalue weighted by Crippen LogP contribution is 2.19. The first-order valence-electron chi connectivity index (χ1n) is 8.57. The number of hydrogen-bond acceptors (Lipinski definition) is 4. The van der Waals surface area contributed by atoms with Crippen molar-refractivity contribution in [1.29, 1.82) is 0 Å². The molecular weight excluding hydrogens is 361 g/mol. The third kappa shape index (κ3) is 5.25. The molecule has 0 aromatic heterocycles. The molecule has 0 heterocycles. The van der Waals surface area contributed by atoms with Crippen LogP contribution in [0.4, 0.5) is 4.39 Å². The molecule has 7 nitrogen and oxygen atoms in total. The Balaban J connectivity index is 3.07. The molecule has 0 aliphatic rings. The first-order valence-corrected chi connectivity index (χ1v) is 10.0. The minimum absolute atomic E-state index is 0.171. The Morgan fingerprint density at radius 3 is 2.35 bits per heavy atom. The van der Waals surface area contributed by atoms with Gasteiger partial charge >= 0.3 is 0 Å². The predicted molar refractivity (Wildman–Crippen MR) is 96.7 cm³/mol. The van der Waals surface area contributed by atoms with E-state index in [0.29, 0.717) is 6.54 Å². The van der Waals surface area contributed by atoms with Gasteiger partial charge in [-0.05, 0) is 31.5 Å². The quantitative estimate of drug-likeness (QED) is 0.671. The maximum atomic E-state index is 14.1. The van der Waals surface area contributed by atoms with Crippen LogP contribution in [0.2, 0.25) is 0 Å². The number of benzene rings is 1. The second-order valence-corrected chi connectivity index (χ2v) is 7.66. The van der Waals surface area contributed by atoms with Crippen molar-refractivity contribution in [3.63, 3.8) is 0 Å². The number of rotatable bonds is 9. The summed E-state index contributed by atoms with van der Waals surface area (Å²) in [7, 11) is -3.82. The van der Waals surface area contributed by atoms with Crippen LogP contribution in [0.25, 0.3) is 0 Å². The van der Waals surface area contributed by atoms with Crippen molar-refractivity contribution in [2.45, 2.75) is 45.1 Å². The Labute approximate surface area is 154 Å². The number of amides is 2. The van der Waals surface area contributed by atoms with Gasteiger partial charge in [-0.25, -0.2) is 12.8 Å². The van der Waals surface area contributed by atoms with Crippen LogP contribution in [0.1, 0.15) is 44.5 Å². The maximum absolute atomic E-state index is 14.1. The van der Waals surface area contributed by atoms with E-state index in [9.17, 15) is 22.4 Å². The standard InChI is InChI=1S/C17H26FN3O4S/c1-5-10-19-16(22)12(4)20-17(23)14-11-13(8-9-15(14)18)26(24,25)21(6-2)7-3/h8-9,11-12H,5-7,10H2,1-4H3,(H,19,22)(H,20,23)/t12-/m1/s1. The maximum Gasteiger partial charge on any atom is 0.254 e. The molecule has 0 bridgehead atoms. The number of hydrogen-bond donors (Lipinski definition) is 2. The summed E-state index contributed by atoms with van der Waals surface area (Å²) in [5.74, 6) is -2.10. The average molecular weight is 387 g/mol. The lowest BCUT2D eigenvalue weighted by Crippen LogP contribution is -2.45. The second-order valence-electron chi connectivity index (χ2n) is 5.72. The van der Waals surface area contributed by atoms with Crippen molar-refractivity contribution >= 4 is 21.8 Å². The number of halogens is 1. The lowest BCUT2D eigenvalue weighted by molar-refractivity contribution is -0.122. The molecule has 0 saturated heterocycles. The molecule has 0 spiro atoms. The monoisotopic (exact) mass is 387 g/mol. The highest BCUT2D eigenvalue weighted by Gasteiger charge is 2.25. The Bertz CT molecular complexity index is 748. The highest BCUT2D eigenvalue weighted by atomic mass is 32.2. The predicted octanol–water partition coefficient (Wildman–Crippen LogP) is 1.50. The molecule has 9 heteroatoms. The van der Waals surface area contributed by atoms with Crippen LogP contribution in [-0.2, 0) is 14.8 Å². The molecule has 0 aliphatic heterocycles. The average Bonchev–Trinajstić information content (AvgIpc) is 2.60. The fourth-order valence-corrected chi connectivity index (χ4v) is 3.78. The Hall–Kier alpha value is -2.00. The van der Waals surface area contributed by atoms with Gasteiger partial charge in [0.05, 0.1) is 10.5 Å². The molecule has 0 fully saturated rings. The van der Waals surface area contributed by atoms with Crippen molar-refractivity contribution in [3.05, 3.63) is 29.6 Å². The molecule has 26 heavy (non-hydrogen) atoms. The summed E-state index contributed by atoms with van der Waals surface area (Å²) >= 11 is 0. The summed E-state index contributed by atoms with van der Waals surface area (Å²) < 4.78 is 40.3. The van der Waals surface area contributed by atoms with Crippen LogP contribution in [0.3, 0.4) is 0 Å². The highest BCUT2D eigenvalue weighted by molar-refractivity contribution is 7.89. The van der Waals surface area contributed by atoms with Crippen LogP contribution >= 0.6 is 0 Å². The summed E-state index contributed by atoms with van der Waals surface area (Å²) in [6.07, 6.45) is 0.742. The molecule has 146 valence electrons. The third-order valence-electron chi connectivity index (χ3n) is 3.82. The van der Waals surface area contributed by atoms with E-state index in [-0.39, 0.29) is 18.0 Å². The minimum atomic E-state index is -3.82. The third-order valence-corrected chi connectivity index (χ3v) is 5.86. The Morgan fingerprint density at radius 2 is 1.81 bits per heavy atom. The van der Waals surface area contributed by atoms with Gasteiger partial charge in [-0.15, -0.1) is 0 Å². The zero-order valence-corrected chi connectivity index (χ0v) is 16.3. The number of carbonyl (C=O) groups is 2. The summed E-state index contributed by atoms with van der Waals surface area (Å²) in [5, 5.41) is 5.00. The largest absolute Gasteiger partial charge is 0.354 e. The molecule has 0 unspecified atom stereocenters. The summed E-state index contributed by atoms with van der Waals surface area (Å²) in [6, 6.07) is 2.18. The molecule has 0 saturated carbocycles. The van der Waals surface area contributed by atoms with E-state index in [4.69, 9.17) is 0 Å². The van der Waals surface area contributed by atoms with E-state index in [1.165, 1.54) is 11.2 Å². The zero-order chi connectivity index (χ0) is 19.9. The smallest absolute Gasteiger partial charge is 0.254 e. The topological polar surface area (TPSA) is 95.6 Å². The van der Waals surface area contributed by atoms with Crippen molar-refractivity contribution < 1.29 is 22.4 Å². The van der Waals surface area contributed by atoms with Crippen molar-refractivity contribution in [2.24, 2.45) is 0 Å².